The summed E-state index contributed by atoms with van der Waals surface area (Å²) in [5.74, 6) is -3.25. The van der Waals surface area contributed by atoms with E-state index in [0.29, 0.717) is 0 Å². The summed E-state index contributed by atoms with van der Waals surface area (Å²) in [7, 11) is 4.43. The quantitative estimate of drug-likeness (QED) is 0.222. The molecule has 0 rings (SSSR count). The van der Waals surface area contributed by atoms with Crippen molar-refractivity contribution < 1.29 is 62.7 Å². The minimum atomic E-state index is -2.76. The van der Waals surface area contributed by atoms with E-state index in [0.717, 1.165) is 28.4 Å². The van der Waals surface area contributed by atoms with Crippen molar-refractivity contribution in [3.05, 3.63) is 0 Å². The molecule has 0 atom stereocenters. The van der Waals surface area contributed by atoms with Gasteiger partial charge in [-0.15, -0.1) is 0 Å². The van der Waals surface area contributed by atoms with Crippen molar-refractivity contribution in [2.75, 3.05) is 28.4 Å². The Balaban J connectivity index is 5.13. The molecule has 0 spiro atoms. The molecule has 0 amide bonds. The number of esters is 4. The SMILES string of the molecule is COC(=O)[CH]([Hg][CH](C(=O)OC)C(=O)OC)C(=O)OC. The van der Waals surface area contributed by atoms with Gasteiger partial charge in [-0.3, -0.25) is 0 Å². The predicted molar refractivity (Wildman–Crippen MR) is 55.6 cm³/mol. The number of hydrogen-bond acceptors (Lipinski definition) is 8. The Morgan fingerprint density at radius 2 is 0.842 bits per heavy atom. The van der Waals surface area contributed by atoms with Gasteiger partial charge in [0.25, 0.3) is 0 Å². The second kappa shape index (κ2) is 8.84. The van der Waals surface area contributed by atoms with E-state index in [-0.39, 0.29) is 0 Å². The summed E-state index contributed by atoms with van der Waals surface area (Å²) in [6, 6.07) is 0. The van der Waals surface area contributed by atoms with Crippen molar-refractivity contribution >= 4 is 23.9 Å². The van der Waals surface area contributed by atoms with Gasteiger partial charge in [-0.2, -0.15) is 0 Å². The molecule has 0 unspecified atom stereocenters. The third-order valence-corrected chi connectivity index (χ3v) is 11.3. The minimum absolute atomic E-state index is 0.814. The molecule has 0 aliphatic heterocycles. The van der Waals surface area contributed by atoms with Gasteiger partial charge in [-0.25, -0.2) is 0 Å². The van der Waals surface area contributed by atoms with E-state index in [1.807, 2.05) is 0 Å². The first-order valence-corrected chi connectivity index (χ1v) is 11.6. The normalized spacial score (nSPS) is 9.58. The molecule has 19 heavy (non-hydrogen) atoms. The van der Waals surface area contributed by atoms with E-state index in [1.165, 1.54) is 0 Å². The van der Waals surface area contributed by atoms with E-state index >= 15 is 0 Å². The molecule has 0 aliphatic carbocycles. The molecular weight excluding hydrogens is 449 g/mol. The Kier molecular flexibility index (Phi) is 8.29. The molecule has 0 aromatic carbocycles. The Bertz CT molecular complexity index is 301. The molecule has 0 fully saturated rings. The number of ether oxygens (including phenoxy) is 4. The molecule has 0 aromatic heterocycles. The van der Waals surface area contributed by atoms with Crippen LogP contribution in [0.3, 0.4) is 0 Å². The van der Waals surface area contributed by atoms with Gasteiger partial charge in [0.1, 0.15) is 0 Å². The van der Waals surface area contributed by atoms with Crippen LogP contribution in [-0.4, -0.2) is 52.3 Å². The summed E-state index contributed by atoms with van der Waals surface area (Å²) >= 11 is -2.76. The second-order valence-electron chi connectivity index (χ2n) is 3.43. The number of methoxy groups -OCH3 is 4. The zero-order valence-corrected chi connectivity index (χ0v) is 16.6. The van der Waals surface area contributed by atoms with Gasteiger partial charge in [0.2, 0.25) is 0 Å². The van der Waals surface area contributed by atoms with Crippen molar-refractivity contribution in [1.82, 2.24) is 0 Å². The second-order valence-corrected chi connectivity index (χ2v) is 11.6. The summed E-state index contributed by atoms with van der Waals surface area (Å²) in [5.41, 5.74) is 0. The average molecular weight is 463 g/mol. The molecule has 0 bridgehead atoms. The fourth-order valence-corrected chi connectivity index (χ4v) is 8.80. The maximum atomic E-state index is 11.5. The van der Waals surface area contributed by atoms with Crippen molar-refractivity contribution in [1.29, 1.82) is 0 Å². The summed E-state index contributed by atoms with van der Waals surface area (Å²) < 4.78 is 15.5. The third kappa shape index (κ3) is 5.13. The Labute approximate surface area is 122 Å². The fourth-order valence-electron chi connectivity index (χ4n) is 1.38. The molecule has 0 saturated carbocycles. The summed E-state index contributed by atoms with van der Waals surface area (Å²) in [4.78, 5) is 46.0. The zero-order valence-electron chi connectivity index (χ0n) is 11.1. The fraction of sp³-hybridized carbons (Fsp3) is 0.600. The Hall–Kier alpha value is -1.18. The van der Waals surface area contributed by atoms with Crippen LogP contribution in [0, 0.1) is 0 Å². The van der Waals surface area contributed by atoms with Gasteiger partial charge in [-0.05, 0) is 0 Å². The monoisotopic (exact) mass is 464 g/mol. The molecule has 8 nitrogen and oxygen atoms in total. The van der Waals surface area contributed by atoms with Crippen LogP contribution in [0.1, 0.15) is 0 Å². The summed E-state index contributed by atoms with van der Waals surface area (Å²) in [5, 5.41) is 0. The van der Waals surface area contributed by atoms with Crippen molar-refractivity contribution in [2.24, 2.45) is 0 Å². The first-order chi connectivity index (χ1) is 8.92. The summed E-state index contributed by atoms with van der Waals surface area (Å²) in [6.07, 6.45) is 0. The standard InChI is InChI=1S/2C5H7O4.Hg/c2*1-8-4(6)3-5(7)9-2;/h2*3H,1-2H3;. The molecule has 9 heteroatoms. The number of hydrogen-bond donors (Lipinski definition) is 0. The molecule has 0 N–H and O–H groups in total. The first-order valence-electron chi connectivity index (χ1n) is 5.24. The van der Waals surface area contributed by atoms with E-state index in [4.69, 9.17) is 0 Å². The van der Waals surface area contributed by atoms with Gasteiger partial charge >= 0.3 is 122 Å². The van der Waals surface area contributed by atoms with Crippen LogP contribution in [-0.2, 0) is 62.7 Å². The van der Waals surface area contributed by atoms with E-state index in [1.54, 1.807) is 0 Å². The maximum absolute atomic E-state index is 11.5. The molecule has 0 heterocycles. The third-order valence-electron chi connectivity index (χ3n) is 2.41. The molecule has 104 valence electrons. The van der Waals surface area contributed by atoms with Crippen LogP contribution in [0.4, 0.5) is 0 Å². The van der Waals surface area contributed by atoms with Crippen molar-refractivity contribution in [3.8, 4) is 0 Å². The predicted octanol–water partition coefficient (Wildman–Crippen LogP) is -0.662. The topological polar surface area (TPSA) is 105 Å². The van der Waals surface area contributed by atoms with Crippen LogP contribution in [0.2, 0.25) is 6.85 Å². The number of carbonyl (C=O) groups excluding carboxylic acids is 4. The molecule has 0 aliphatic rings. The Morgan fingerprint density at radius 1 is 0.632 bits per heavy atom. The molecule has 0 aromatic rings. The van der Waals surface area contributed by atoms with Crippen molar-refractivity contribution in [3.63, 3.8) is 0 Å². The van der Waals surface area contributed by atoms with E-state index in [2.05, 4.69) is 18.9 Å². The van der Waals surface area contributed by atoms with Crippen molar-refractivity contribution in [2.45, 2.75) is 6.85 Å². The average Bonchev–Trinajstić information content (AvgIpc) is 2.45. The molecule has 0 radical (unpaired) electrons. The first kappa shape index (κ1) is 17.8. The van der Waals surface area contributed by atoms with Crippen LogP contribution >= 0.6 is 0 Å². The van der Waals surface area contributed by atoms with Gasteiger partial charge in [0.15, 0.2) is 0 Å². The van der Waals surface area contributed by atoms with Gasteiger partial charge in [0, 0.05) is 0 Å². The molecular formula is C10H14HgO8. The van der Waals surface area contributed by atoms with E-state index in [9.17, 15) is 19.2 Å². The van der Waals surface area contributed by atoms with Gasteiger partial charge < -0.3 is 0 Å². The van der Waals surface area contributed by atoms with Crippen LogP contribution in [0.15, 0.2) is 0 Å². The van der Waals surface area contributed by atoms with Crippen LogP contribution in [0.5, 0.6) is 0 Å². The van der Waals surface area contributed by atoms with Crippen LogP contribution < -0.4 is 0 Å². The number of rotatable bonds is 6. The van der Waals surface area contributed by atoms with Gasteiger partial charge in [-0.1, -0.05) is 0 Å². The zero-order chi connectivity index (χ0) is 15.0. The number of carbonyl (C=O) groups is 4. The van der Waals surface area contributed by atoms with Gasteiger partial charge in [0.05, 0.1) is 0 Å². The summed E-state index contributed by atoms with van der Waals surface area (Å²) in [6.45, 7) is 0. The van der Waals surface area contributed by atoms with Crippen LogP contribution in [0.25, 0.3) is 0 Å². The van der Waals surface area contributed by atoms with E-state index < -0.39 is 55.3 Å². The molecule has 0 saturated heterocycles. The Morgan fingerprint density at radius 3 is 1.00 bits per heavy atom.